The van der Waals surface area contributed by atoms with Crippen LogP contribution in [0.1, 0.15) is 37.0 Å². The second-order valence-corrected chi connectivity index (χ2v) is 7.99. The molecule has 166 valence electrons. The zero-order valence-electron chi connectivity index (χ0n) is 17.4. The molecule has 0 radical (unpaired) electrons. The Morgan fingerprint density at radius 1 is 1.16 bits per heavy atom. The molecule has 1 aliphatic heterocycles. The van der Waals surface area contributed by atoms with Crippen molar-refractivity contribution in [2.75, 3.05) is 13.2 Å². The second-order valence-electron chi connectivity index (χ2n) is 7.99. The number of carboxylic acid groups (broad SMARTS) is 1. The van der Waals surface area contributed by atoms with Gasteiger partial charge in [0.05, 0.1) is 18.2 Å². The summed E-state index contributed by atoms with van der Waals surface area (Å²) >= 11 is 0. The Bertz CT molecular complexity index is 932. The number of ether oxygens (including phenoxy) is 2. The summed E-state index contributed by atoms with van der Waals surface area (Å²) in [5.41, 5.74) is 0.150. The lowest BCUT2D eigenvalue weighted by molar-refractivity contribution is -0.133. The molecule has 1 aliphatic rings. The maximum absolute atomic E-state index is 14.0. The zero-order chi connectivity index (χ0) is 22.5. The van der Waals surface area contributed by atoms with Gasteiger partial charge in [0.2, 0.25) is 5.91 Å². The van der Waals surface area contributed by atoms with E-state index in [1.807, 2.05) is 13.8 Å². The van der Waals surface area contributed by atoms with Gasteiger partial charge in [0, 0.05) is 18.9 Å². The molecule has 0 aliphatic carbocycles. The average molecular weight is 433 g/mol. The van der Waals surface area contributed by atoms with E-state index in [-0.39, 0.29) is 42.3 Å². The van der Waals surface area contributed by atoms with E-state index in [1.54, 1.807) is 17.0 Å². The third-order valence-corrected chi connectivity index (χ3v) is 5.01. The lowest BCUT2D eigenvalue weighted by Crippen LogP contribution is -2.39. The molecule has 0 spiro atoms. The predicted molar refractivity (Wildman–Crippen MR) is 109 cm³/mol. The average Bonchev–Trinajstić information content (AvgIpc) is 3.11. The Kier molecular flexibility index (Phi) is 7.09. The highest BCUT2D eigenvalue weighted by molar-refractivity contribution is 5.87. The number of halogens is 2. The van der Waals surface area contributed by atoms with Gasteiger partial charge in [-0.3, -0.25) is 4.79 Å². The van der Waals surface area contributed by atoms with Crippen molar-refractivity contribution < 1.29 is 33.0 Å². The molecular weight excluding hydrogens is 408 g/mol. The Morgan fingerprint density at radius 3 is 2.48 bits per heavy atom. The molecule has 1 unspecified atom stereocenters. The molecule has 0 aromatic heterocycles. The lowest BCUT2D eigenvalue weighted by Gasteiger charge is -2.25. The molecule has 1 amide bonds. The van der Waals surface area contributed by atoms with Crippen LogP contribution in [0.5, 0.6) is 11.5 Å². The lowest BCUT2D eigenvalue weighted by atomic mass is 10.1. The monoisotopic (exact) mass is 433 g/mol. The van der Waals surface area contributed by atoms with E-state index in [2.05, 4.69) is 0 Å². The van der Waals surface area contributed by atoms with Crippen molar-refractivity contribution in [2.24, 2.45) is 5.92 Å². The van der Waals surface area contributed by atoms with Crippen LogP contribution in [0, 0.1) is 17.6 Å². The van der Waals surface area contributed by atoms with Crippen LogP contribution in [-0.2, 0) is 4.79 Å². The Hall–Kier alpha value is -3.16. The zero-order valence-corrected chi connectivity index (χ0v) is 17.4. The number of rotatable bonds is 8. The Balaban J connectivity index is 1.68. The molecule has 2 aromatic carbocycles. The number of hydrogen-bond acceptors (Lipinski definition) is 4. The summed E-state index contributed by atoms with van der Waals surface area (Å²) in [5.74, 6) is -1.96. The van der Waals surface area contributed by atoms with Crippen molar-refractivity contribution >= 4 is 11.9 Å². The smallest absolute Gasteiger partial charge is 0.335 e. The summed E-state index contributed by atoms with van der Waals surface area (Å²) in [5, 5.41) is 8.98. The van der Waals surface area contributed by atoms with Crippen molar-refractivity contribution in [1.29, 1.82) is 0 Å². The third-order valence-electron chi connectivity index (χ3n) is 5.01. The number of amides is 1. The minimum atomic E-state index is -1.03. The van der Waals surface area contributed by atoms with E-state index < -0.39 is 23.7 Å². The first-order valence-electron chi connectivity index (χ1n) is 10.1. The molecule has 31 heavy (non-hydrogen) atoms. The summed E-state index contributed by atoms with van der Waals surface area (Å²) in [4.78, 5) is 25.4. The number of carbonyl (C=O) groups excluding carboxylic acids is 1. The van der Waals surface area contributed by atoms with Crippen LogP contribution >= 0.6 is 0 Å². The van der Waals surface area contributed by atoms with Crippen LogP contribution in [0.25, 0.3) is 0 Å². The molecule has 6 nitrogen and oxygen atoms in total. The normalized spacial score (nSPS) is 18.3. The van der Waals surface area contributed by atoms with Gasteiger partial charge < -0.3 is 19.5 Å². The van der Waals surface area contributed by atoms with Crippen LogP contribution in [0.15, 0.2) is 42.5 Å². The summed E-state index contributed by atoms with van der Waals surface area (Å²) in [6.07, 6.45) is 0.328. The fraction of sp³-hybridized carbons (Fsp3) is 0.391. The molecule has 1 saturated heterocycles. The summed E-state index contributed by atoms with van der Waals surface area (Å²) < 4.78 is 38.6. The first-order valence-corrected chi connectivity index (χ1v) is 10.1. The highest BCUT2D eigenvalue weighted by atomic mass is 19.1. The van der Waals surface area contributed by atoms with Crippen LogP contribution in [0.3, 0.4) is 0 Å². The van der Waals surface area contributed by atoms with Crippen LogP contribution in [-0.4, -0.2) is 47.2 Å². The molecular formula is C23H25F2NO5. The van der Waals surface area contributed by atoms with Crippen LogP contribution in [0.2, 0.25) is 0 Å². The number of aromatic carboxylic acids is 1. The number of carbonyl (C=O) groups is 2. The highest BCUT2D eigenvalue weighted by Crippen LogP contribution is 2.27. The van der Waals surface area contributed by atoms with Gasteiger partial charge in [-0.05, 0) is 42.3 Å². The fourth-order valence-electron chi connectivity index (χ4n) is 3.53. The van der Waals surface area contributed by atoms with Gasteiger partial charge in [-0.25, -0.2) is 13.6 Å². The quantitative estimate of drug-likeness (QED) is 0.677. The van der Waals surface area contributed by atoms with Gasteiger partial charge in [-0.2, -0.15) is 0 Å². The SMILES string of the molecule is CC(C)CC(=O)N1CC(Oc2ccc(F)cc2F)C[C@H]1COc1ccc(C(=O)O)cc1. The molecule has 1 fully saturated rings. The van der Waals surface area contributed by atoms with E-state index >= 15 is 0 Å². The van der Waals surface area contributed by atoms with Crippen molar-refractivity contribution in [3.8, 4) is 11.5 Å². The Labute approximate surface area is 179 Å². The summed E-state index contributed by atoms with van der Waals surface area (Å²) in [6.45, 7) is 4.35. The first kappa shape index (κ1) is 22.5. The van der Waals surface area contributed by atoms with Gasteiger partial charge in [0.15, 0.2) is 11.6 Å². The summed E-state index contributed by atoms with van der Waals surface area (Å²) in [7, 11) is 0. The van der Waals surface area contributed by atoms with Crippen molar-refractivity contribution in [2.45, 2.75) is 38.8 Å². The minimum absolute atomic E-state index is 0.0458. The standard InChI is InChI=1S/C23H25F2NO5/c1-14(2)9-22(27)26-12-19(31-21-8-5-16(24)10-20(21)25)11-17(26)13-30-18-6-3-15(4-7-18)23(28)29/h3-8,10,14,17,19H,9,11-13H2,1-2H3,(H,28,29)/t17-,19?/m0/s1. The highest BCUT2D eigenvalue weighted by Gasteiger charge is 2.37. The minimum Gasteiger partial charge on any atom is -0.491 e. The van der Waals surface area contributed by atoms with Crippen LogP contribution < -0.4 is 9.47 Å². The van der Waals surface area contributed by atoms with E-state index in [4.69, 9.17) is 14.6 Å². The molecule has 2 aromatic rings. The molecule has 1 heterocycles. The first-order chi connectivity index (χ1) is 14.7. The Morgan fingerprint density at radius 2 is 1.87 bits per heavy atom. The van der Waals surface area contributed by atoms with Gasteiger partial charge in [0.25, 0.3) is 0 Å². The summed E-state index contributed by atoms with van der Waals surface area (Å²) in [6, 6.07) is 8.82. The van der Waals surface area contributed by atoms with Gasteiger partial charge >= 0.3 is 5.97 Å². The topological polar surface area (TPSA) is 76.1 Å². The van der Waals surface area contributed by atoms with Gasteiger partial charge in [0.1, 0.15) is 24.3 Å². The molecule has 8 heteroatoms. The fourth-order valence-corrected chi connectivity index (χ4v) is 3.53. The van der Waals surface area contributed by atoms with E-state index in [9.17, 15) is 18.4 Å². The number of nitrogens with zero attached hydrogens (tertiary/aromatic N) is 1. The third kappa shape index (κ3) is 5.93. The van der Waals surface area contributed by atoms with E-state index in [1.165, 1.54) is 18.2 Å². The number of hydrogen-bond donors (Lipinski definition) is 1. The number of likely N-dealkylation sites (tertiary alicyclic amines) is 1. The van der Waals surface area contributed by atoms with Gasteiger partial charge in [-0.1, -0.05) is 13.8 Å². The predicted octanol–water partition coefficient (Wildman–Crippen LogP) is 4.14. The molecule has 0 saturated carbocycles. The molecule has 3 rings (SSSR count). The largest absolute Gasteiger partial charge is 0.491 e. The maximum Gasteiger partial charge on any atom is 0.335 e. The number of carboxylic acids is 1. The van der Waals surface area contributed by atoms with E-state index in [0.717, 1.165) is 12.1 Å². The van der Waals surface area contributed by atoms with Gasteiger partial charge in [-0.15, -0.1) is 0 Å². The number of benzene rings is 2. The van der Waals surface area contributed by atoms with Crippen molar-refractivity contribution in [1.82, 2.24) is 4.90 Å². The van der Waals surface area contributed by atoms with Crippen molar-refractivity contribution in [3.05, 3.63) is 59.7 Å². The molecule has 2 atom stereocenters. The second kappa shape index (κ2) is 9.76. The van der Waals surface area contributed by atoms with E-state index in [0.29, 0.717) is 18.6 Å². The van der Waals surface area contributed by atoms with Crippen molar-refractivity contribution in [3.63, 3.8) is 0 Å². The van der Waals surface area contributed by atoms with Crippen LogP contribution in [0.4, 0.5) is 8.78 Å². The molecule has 1 N–H and O–H groups in total. The molecule has 0 bridgehead atoms. The maximum atomic E-state index is 14.0.